The number of carbonyl (C=O) groups is 2. The average Bonchev–Trinajstić information content (AvgIpc) is 2.41. The van der Waals surface area contributed by atoms with Crippen molar-refractivity contribution in [2.75, 3.05) is 33.1 Å². The summed E-state index contributed by atoms with van der Waals surface area (Å²) in [4.78, 5) is 34.8. The van der Waals surface area contributed by atoms with Gasteiger partial charge in [0.2, 0.25) is 19.2 Å². The van der Waals surface area contributed by atoms with Crippen LogP contribution < -0.4 is 0 Å². The molecular formula is C9H17N2O4P. The molecule has 0 saturated carbocycles. The summed E-state index contributed by atoms with van der Waals surface area (Å²) in [7, 11) is 0.132. The van der Waals surface area contributed by atoms with E-state index in [1.54, 1.807) is 19.0 Å². The van der Waals surface area contributed by atoms with Gasteiger partial charge in [-0.05, 0) is 14.1 Å². The molecule has 0 aromatic heterocycles. The lowest BCUT2D eigenvalue weighted by molar-refractivity contribution is -0.137. The van der Waals surface area contributed by atoms with Crippen LogP contribution in [0.25, 0.3) is 0 Å². The molecule has 0 aromatic rings. The number of carbonyl (C=O) groups excluding carboxylic acids is 2. The van der Waals surface area contributed by atoms with Crippen LogP contribution in [0.15, 0.2) is 0 Å². The Morgan fingerprint density at radius 3 is 2.25 bits per heavy atom. The molecule has 1 unspecified atom stereocenters. The first-order chi connectivity index (χ1) is 7.32. The number of amides is 2. The predicted octanol–water partition coefficient (Wildman–Crippen LogP) is -0.0751. The highest BCUT2D eigenvalue weighted by Gasteiger charge is 2.30. The summed E-state index contributed by atoms with van der Waals surface area (Å²) in [6, 6.07) is 0. The molecule has 0 radical (unpaired) electrons. The molecule has 1 N–H and O–H groups in total. The molecule has 1 saturated heterocycles. The zero-order valence-electron chi connectivity index (χ0n) is 9.55. The fourth-order valence-corrected chi connectivity index (χ4v) is 3.18. The minimum absolute atomic E-state index is 0.0251. The number of hydrogen-bond acceptors (Lipinski definition) is 4. The fraction of sp³-hybridized carbons (Fsp3) is 0.778. The lowest BCUT2D eigenvalue weighted by atomic mass is 10.4. The van der Waals surface area contributed by atoms with E-state index < -0.39 is 7.37 Å². The number of imide groups is 1. The van der Waals surface area contributed by atoms with Gasteiger partial charge in [0.15, 0.2) is 0 Å². The Morgan fingerprint density at radius 1 is 1.31 bits per heavy atom. The van der Waals surface area contributed by atoms with E-state index >= 15 is 0 Å². The molecular weight excluding hydrogens is 231 g/mol. The lowest BCUT2D eigenvalue weighted by Gasteiger charge is -2.19. The third-order valence-electron chi connectivity index (χ3n) is 2.33. The normalized spacial score (nSPS) is 20.6. The Labute approximate surface area is 94.7 Å². The summed E-state index contributed by atoms with van der Waals surface area (Å²) < 4.78 is 11.7. The van der Waals surface area contributed by atoms with E-state index in [0.717, 1.165) is 4.90 Å². The van der Waals surface area contributed by atoms with Crippen molar-refractivity contribution in [3.8, 4) is 0 Å². The van der Waals surface area contributed by atoms with Gasteiger partial charge < -0.3 is 9.79 Å². The topological polar surface area (TPSA) is 77.9 Å². The Morgan fingerprint density at radius 2 is 1.81 bits per heavy atom. The zero-order valence-corrected chi connectivity index (χ0v) is 10.4. The van der Waals surface area contributed by atoms with Crippen LogP contribution in [0.2, 0.25) is 0 Å². The second-order valence-electron chi connectivity index (χ2n) is 4.23. The molecule has 0 spiro atoms. The first-order valence-electron chi connectivity index (χ1n) is 5.10. The van der Waals surface area contributed by atoms with Gasteiger partial charge in [-0.25, -0.2) is 0 Å². The zero-order chi connectivity index (χ0) is 12.3. The summed E-state index contributed by atoms with van der Waals surface area (Å²) in [6.45, 7) is 0.0548. The van der Waals surface area contributed by atoms with E-state index in [0.29, 0.717) is 0 Å². The summed E-state index contributed by atoms with van der Waals surface area (Å²) in [5.74, 6) is -0.482. The number of nitrogens with zero attached hydrogens (tertiary/aromatic N) is 2. The van der Waals surface area contributed by atoms with Crippen molar-refractivity contribution in [2.45, 2.75) is 12.8 Å². The highest BCUT2D eigenvalue weighted by Crippen LogP contribution is 2.40. The molecule has 0 aliphatic carbocycles. The van der Waals surface area contributed by atoms with E-state index in [1.807, 2.05) is 0 Å². The van der Waals surface area contributed by atoms with Crippen LogP contribution in [0.1, 0.15) is 12.8 Å². The highest BCUT2D eigenvalue weighted by molar-refractivity contribution is 7.57. The van der Waals surface area contributed by atoms with Crippen LogP contribution in [0, 0.1) is 0 Å². The van der Waals surface area contributed by atoms with Gasteiger partial charge in [0.25, 0.3) is 0 Å². The molecule has 1 aliphatic heterocycles. The molecule has 16 heavy (non-hydrogen) atoms. The first-order valence-corrected chi connectivity index (χ1v) is 7.13. The first kappa shape index (κ1) is 13.4. The Balaban J connectivity index is 2.47. The van der Waals surface area contributed by atoms with E-state index in [1.165, 1.54) is 0 Å². The van der Waals surface area contributed by atoms with Gasteiger partial charge in [-0.3, -0.25) is 19.1 Å². The van der Waals surface area contributed by atoms with Crippen LogP contribution in [-0.2, 0) is 14.2 Å². The maximum absolute atomic E-state index is 11.7. The van der Waals surface area contributed by atoms with E-state index in [9.17, 15) is 19.0 Å². The maximum Gasteiger partial charge on any atom is 0.229 e. The molecule has 0 bridgehead atoms. The van der Waals surface area contributed by atoms with Crippen molar-refractivity contribution in [2.24, 2.45) is 0 Å². The van der Waals surface area contributed by atoms with E-state index in [2.05, 4.69) is 0 Å². The number of rotatable bonds is 5. The SMILES string of the molecule is CN(C)CP(=O)(O)CCN1C(=O)CCC1=O. The van der Waals surface area contributed by atoms with Crippen molar-refractivity contribution in [1.29, 1.82) is 0 Å². The quantitative estimate of drug-likeness (QED) is 0.544. The third-order valence-corrected chi connectivity index (χ3v) is 4.24. The minimum atomic E-state index is -3.27. The summed E-state index contributed by atoms with van der Waals surface area (Å²) in [6.07, 6.45) is 0.496. The Bertz CT molecular complexity index is 326. The molecule has 1 atom stereocenters. The second-order valence-corrected chi connectivity index (χ2v) is 6.65. The van der Waals surface area contributed by atoms with Crippen molar-refractivity contribution in [1.82, 2.24) is 9.80 Å². The molecule has 0 aromatic carbocycles. The molecule has 1 fully saturated rings. The van der Waals surface area contributed by atoms with Crippen LogP contribution in [0.4, 0.5) is 0 Å². The van der Waals surface area contributed by atoms with Gasteiger partial charge in [0, 0.05) is 25.5 Å². The predicted molar refractivity (Wildman–Crippen MR) is 59.2 cm³/mol. The monoisotopic (exact) mass is 248 g/mol. The van der Waals surface area contributed by atoms with E-state index in [-0.39, 0.29) is 43.6 Å². The molecule has 1 rings (SSSR count). The molecule has 1 aliphatic rings. The summed E-state index contributed by atoms with van der Waals surface area (Å²) in [5.41, 5.74) is 0. The van der Waals surface area contributed by atoms with Gasteiger partial charge >= 0.3 is 0 Å². The Hall–Kier alpha value is -0.710. The summed E-state index contributed by atoms with van der Waals surface area (Å²) in [5, 5.41) is 0. The lowest BCUT2D eigenvalue weighted by Crippen LogP contribution is -2.32. The van der Waals surface area contributed by atoms with Gasteiger partial charge in [0.1, 0.15) is 0 Å². The van der Waals surface area contributed by atoms with Crippen molar-refractivity contribution in [3.63, 3.8) is 0 Å². The second kappa shape index (κ2) is 5.08. The molecule has 1 heterocycles. The average molecular weight is 248 g/mol. The van der Waals surface area contributed by atoms with Crippen LogP contribution in [0.3, 0.4) is 0 Å². The van der Waals surface area contributed by atoms with Gasteiger partial charge in [-0.1, -0.05) is 0 Å². The van der Waals surface area contributed by atoms with Crippen molar-refractivity contribution >= 4 is 19.2 Å². The summed E-state index contributed by atoms with van der Waals surface area (Å²) >= 11 is 0. The van der Waals surface area contributed by atoms with Gasteiger partial charge in [0.05, 0.1) is 6.29 Å². The van der Waals surface area contributed by atoms with Crippen LogP contribution in [0.5, 0.6) is 0 Å². The van der Waals surface area contributed by atoms with Crippen LogP contribution in [-0.4, -0.2) is 59.6 Å². The highest BCUT2D eigenvalue weighted by atomic mass is 31.2. The number of likely N-dealkylation sites (tertiary alicyclic amines) is 1. The standard InChI is InChI=1S/C9H17N2O4P/c1-10(2)7-16(14,15)6-5-11-8(12)3-4-9(11)13/h3-7H2,1-2H3,(H,14,15). The molecule has 7 heteroatoms. The van der Waals surface area contributed by atoms with Gasteiger partial charge in [-0.2, -0.15) is 0 Å². The van der Waals surface area contributed by atoms with Crippen molar-refractivity contribution in [3.05, 3.63) is 0 Å². The Kier molecular flexibility index (Phi) is 4.24. The minimum Gasteiger partial charge on any atom is -0.343 e. The van der Waals surface area contributed by atoms with E-state index in [4.69, 9.17) is 0 Å². The van der Waals surface area contributed by atoms with Crippen LogP contribution >= 0.6 is 7.37 Å². The van der Waals surface area contributed by atoms with Crippen molar-refractivity contribution < 1.29 is 19.0 Å². The third kappa shape index (κ3) is 3.70. The molecule has 2 amide bonds. The maximum atomic E-state index is 11.7. The largest absolute Gasteiger partial charge is 0.343 e. The molecule has 92 valence electrons. The fourth-order valence-electron chi connectivity index (χ4n) is 1.64. The van der Waals surface area contributed by atoms with Gasteiger partial charge in [-0.15, -0.1) is 0 Å². The number of hydrogen-bond donors (Lipinski definition) is 1. The smallest absolute Gasteiger partial charge is 0.229 e. The molecule has 6 nitrogen and oxygen atoms in total.